The number of nitrogens with one attached hydrogen (secondary N) is 1. The molecule has 2 heterocycles. The van der Waals surface area contributed by atoms with Gasteiger partial charge in [0.15, 0.2) is 5.52 Å². The SMILES string of the molecule is CC/C(C)=N/OCCOCn1cnc2c(=O)[nH]c(N)cc21. The van der Waals surface area contributed by atoms with Crippen molar-refractivity contribution < 1.29 is 9.57 Å². The zero-order valence-electron chi connectivity index (χ0n) is 12.1. The first-order chi connectivity index (χ1) is 10.1. The lowest BCUT2D eigenvalue weighted by molar-refractivity contribution is 0.0218. The van der Waals surface area contributed by atoms with Gasteiger partial charge in [-0.1, -0.05) is 12.1 Å². The number of hydrogen-bond donors (Lipinski definition) is 2. The number of oxime groups is 1. The third kappa shape index (κ3) is 3.82. The van der Waals surface area contributed by atoms with Crippen LogP contribution in [0.3, 0.4) is 0 Å². The number of H-pyrrole nitrogens is 1. The van der Waals surface area contributed by atoms with Crippen LogP contribution in [0.15, 0.2) is 22.3 Å². The Hall–Kier alpha value is -2.35. The Morgan fingerprint density at radius 3 is 3.10 bits per heavy atom. The van der Waals surface area contributed by atoms with E-state index in [1.54, 1.807) is 17.0 Å². The first-order valence-electron chi connectivity index (χ1n) is 6.68. The molecule has 114 valence electrons. The van der Waals surface area contributed by atoms with E-state index in [1.165, 1.54) is 0 Å². The Morgan fingerprint density at radius 1 is 1.52 bits per heavy atom. The topological polar surface area (TPSA) is 108 Å². The number of pyridine rings is 1. The number of aromatic amines is 1. The molecule has 0 fully saturated rings. The molecule has 3 N–H and O–H groups in total. The maximum absolute atomic E-state index is 11.6. The van der Waals surface area contributed by atoms with Crippen LogP contribution in [-0.4, -0.2) is 33.5 Å². The highest BCUT2D eigenvalue weighted by Gasteiger charge is 2.07. The van der Waals surface area contributed by atoms with Crippen LogP contribution in [0.4, 0.5) is 5.82 Å². The highest BCUT2D eigenvalue weighted by Crippen LogP contribution is 2.10. The number of hydrogen-bond acceptors (Lipinski definition) is 6. The lowest BCUT2D eigenvalue weighted by Gasteiger charge is -2.06. The molecule has 0 saturated carbocycles. The Kier molecular flexibility index (Phi) is 4.94. The van der Waals surface area contributed by atoms with E-state index < -0.39 is 0 Å². The van der Waals surface area contributed by atoms with E-state index in [0.717, 1.165) is 12.1 Å². The number of anilines is 1. The quantitative estimate of drug-likeness (QED) is 0.451. The Morgan fingerprint density at radius 2 is 2.33 bits per heavy atom. The van der Waals surface area contributed by atoms with Gasteiger partial charge in [0, 0.05) is 6.07 Å². The second-order valence-electron chi connectivity index (χ2n) is 4.55. The molecule has 8 nitrogen and oxygen atoms in total. The van der Waals surface area contributed by atoms with Crippen molar-refractivity contribution in [1.29, 1.82) is 0 Å². The summed E-state index contributed by atoms with van der Waals surface area (Å²) >= 11 is 0. The molecular formula is C13H19N5O3. The minimum atomic E-state index is -0.309. The average molecular weight is 293 g/mol. The van der Waals surface area contributed by atoms with Crippen molar-refractivity contribution in [1.82, 2.24) is 14.5 Å². The molecule has 0 aliphatic heterocycles. The zero-order valence-corrected chi connectivity index (χ0v) is 12.1. The van der Waals surface area contributed by atoms with Crippen molar-refractivity contribution in [2.24, 2.45) is 5.16 Å². The molecule has 0 radical (unpaired) electrons. The third-order valence-electron chi connectivity index (χ3n) is 2.92. The molecule has 2 rings (SSSR count). The van der Waals surface area contributed by atoms with Crippen LogP contribution in [0.5, 0.6) is 0 Å². The molecule has 0 aliphatic carbocycles. The molecule has 21 heavy (non-hydrogen) atoms. The summed E-state index contributed by atoms with van der Waals surface area (Å²) in [6, 6.07) is 1.65. The van der Waals surface area contributed by atoms with E-state index in [1.807, 2.05) is 13.8 Å². The smallest absolute Gasteiger partial charge is 0.277 e. The molecule has 2 aromatic heterocycles. The Balaban J connectivity index is 1.88. The molecular weight excluding hydrogens is 274 g/mol. The van der Waals surface area contributed by atoms with E-state index in [2.05, 4.69) is 15.1 Å². The molecule has 0 amide bonds. The van der Waals surface area contributed by atoms with E-state index in [9.17, 15) is 4.79 Å². The highest BCUT2D eigenvalue weighted by molar-refractivity contribution is 5.80. The number of imidazole rings is 1. The minimum absolute atomic E-state index is 0.263. The van der Waals surface area contributed by atoms with E-state index >= 15 is 0 Å². The molecule has 0 aliphatic rings. The second-order valence-corrected chi connectivity index (χ2v) is 4.55. The van der Waals surface area contributed by atoms with Crippen LogP contribution >= 0.6 is 0 Å². The fourth-order valence-corrected chi connectivity index (χ4v) is 1.67. The van der Waals surface area contributed by atoms with Crippen molar-refractivity contribution in [3.05, 3.63) is 22.7 Å². The number of ether oxygens (including phenoxy) is 1. The first-order valence-corrected chi connectivity index (χ1v) is 6.68. The van der Waals surface area contributed by atoms with Gasteiger partial charge in [0.05, 0.1) is 24.2 Å². The predicted octanol–water partition coefficient (Wildman–Crippen LogP) is 1.08. The maximum atomic E-state index is 11.6. The number of nitrogen functional groups attached to an aromatic ring is 1. The summed E-state index contributed by atoms with van der Waals surface area (Å²) in [7, 11) is 0. The Bertz CT molecular complexity index is 689. The standard InChI is InChI=1S/C13H19N5O3/c1-3-9(2)17-21-5-4-20-8-18-7-15-12-10(18)6-11(14)16-13(12)19/h6-7H,3-5,8H2,1-2H3,(H3,14,16,19)/b17-9+. The fourth-order valence-electron chi connectivity index (χ4n) is 1.67. The van der Waals surface area contributed by atoms with Crippen LogP contribution in [0.25, 0.3) is 11.0 Å². The molecule has 8 heteroatoms. The molecule has 0 saturated heterocycles. The van der Waals surface area contributed by atoms with Crippen molar-refractivity contribution in [3.8, 4) is 0 Å². The van der Waals surface area contributed by atoms with Crippen molar-refractivity contribution in [3.63, 3.8) is 0 Å². The second kappa shape index (κ2) is 6.89. The summed E-state index contributed by atoms with van der Waals surface area (Å²) in [5, 5.41) is 3.91. The monoisotopic (exact) mass is 293 g/mol. The van der Waals surface area contributed by atoms with Crippen LogP contribution in [0.1, 0.15) is 20.3 Å². The van der Waals surface area contributed by atoms with Crippen LogP contribution < -0.4 is 11.3 Å². The van der Waals surface area contributed by atoms with Crippen LogP contribution in [0.2, 0.25) is 0 Å². The van der Waals surface area contributed by atoms with Gasteiger partial charge in [0.2, 0.25) is 0 Å². The van der Waals surface area contributed by atoms with E-state index in [4.69, 9.17) is 15.3 Å². The molecule has 0 unspecified atom stereocenters. The summed E-state index contributed by atoms with van der Waals surface area (Å²) in [6.07, 6.45) is 2.40. The largest absolute Gasteiger partial charge is 0.393 e. The van der Waals surface area contributed by atoms with Crippen molar-refractivity contribution in [2.45, 2.75) is 27.0 Å². The van der Waals surface area contributed by atoms with E-state index in [0.29, 0.717) is 30.1 Å². The first kappa shape index (κ1) is 15.0. The number of fused-ring (bicyclic) bond motifs is 1. The van der Waals surface area contributed by atoms with Gasteiger partial charge in [-0.2, -0.15) is 0 Å². The summed E-state index contributed by atoms with van der Waals surface area (Å²) in [5.74, 6) is 0.293. The number of aromatic nitrogens is 3. The number of nitrogens with two attached hydrogens (primary N) is 1. The summed E-state index contributed by atoms with van der Waals surface area (Å²) < 4.78 is 7.17. The third-order valence-corrected chi connectivity index (χ3v) is 2.92. The van der Waals surface area contributed by atoms with Gasteiger partial charge in [-0.25, -0.2) is 4.98 Å². The van der Waals surface area contributed by atoms with Crippen LogP contribution in [0, 0.1) is 0 Å². The van der Waals surface area contributed by atoms with Crippen molar-refractivity contribution in [2.75, 3.05) is 18.9 Å². The van der Waals surface area contributed by atoms with Gasteiger partial charge in [-0.3, -0.25) is 4.79 Å². The lowest BCUT2D eigenvalue weighted by Crippen LogP contribution is -2.10. The van der Waals surface area contributed by atoms with Gasteiger partial charge in [0.1, 0.15) is 19.2 Å². The number of nitrogens with zero attached hydrogens (tertiary/aromatic N) is 3. The predicted molar refractivity (Wildman–Crippen MR) is 80.1 cm³/mol. The maximum Gasteiger partial charge on any atom is 0.277 e. The van der Waals surface area contributed by atoms with Crippen molar-refractivity contribution >= 4 is 22.6 Å². The highest BCUT2D eigenvalue weighted by atomic mass is 16.6. The number of rotatable bonds is 7. The van der Waals surface area contributed by atoms with Gasteiger partial charge in [-0.15, -0.1) is 0 Å². The average Bonchev–Trinajstić information content (AvgIpc) is 2.85. The van der Waals surface area contributed by atoms with Gasteiger partial charge >= 0.3 is 0 Å². The Labute approximate surface area is 121 Å². The van der Waals surface area contributed by atoms with Gasteiger partial charge < -0.3 is 24.9 Å². The molecule has 0 aromatic carbocycles. The fraction of sp³-hybridized carbons (Fsp3) is 0.462. The van der Waals surface area contributed by atoms with Gasteiger partial charge in [-0.05, 0) is 13.3 Å². The normalized spacial score (nSPS) is 12.0. The van der Waals surface area contributed by atoms with Crippen LogP contribution in [-0.2, 0) is 16.3 Å². The summed E-state index contributed by atoms with van der Waals surface area (Å²) in [6.45, 7) is 4.93. The summed E-state index contributed by atoms with van der Waals surface area (Å²) in [4.78, 5) is 23.3. The van der Waals surface area contributed by atoms with E-state index in [-0.39, 0.29) is 12.3 Å². The van der Waals surface area contributed by atoms with Gasteiger partial charge in [0.25, 0.3) is 5.56 Å². The zero-order chi connectivity index (χ0) is 15.2. The molecule has 0 bridgehead atoms. The molecule has 0 spiro atoms. The lowest BCUT2D eigenvalue weighted by atomic mass is 10.3. The minimum Gasteiger partial charge on any atom is -0.393 e. The summed E-state index contributed by atoms with van der Waals surface area (Å²) in [5.41, 5.74) is 7.22. The molecule has 2 aromatic rings. The molecule has 0 atom stereocenters.